The Labute approximate surface area is 149 Å². The van der Waals surface area contributed by atoms with Crippen LogP contribution in [-0.4, -0.2) is 11.2 Å². The van der Waals surface area contributed by atoms with Crippen LogP contribution in [0.3, 0.4) is 0 Å². The standard InChI is InChI=1S/C19H20F3NOS/c1-12(2)14-8-10-15(11-9-14)25-13(3)18(24)23-17-7-5-4-6-16(17)19(20,21)22/h4-13H,1-3H3,(H,23,24). The molecule has 25 heavy (non-hydrogen) atoms. The SMILES string of the molecule is CC(Sc1ccc(C(C)C)cc1)C(=O)Nc1ccccc1C(F)(F)F. The van der Waals surface area contributed by atoms with E-state index in [-0.39, 0.29) is 5.69 Å². The molecule has 2 rings (SSSR count). The molecule has 2 aromatic carbocycles. The van der Waals surface area contributed by atoms with E-state index in [9.17, 15) is 18.0 Å². The molecule has 1 N–H and O–H groups in total. The van der Waals surface area contributed by atoms with Crippen molar-refractivity contribution in [1.82, 2.24) is 0 Å². The fraction of sp³-hybridized carbons (Fsp3) is 0.316. The lowest BCUT2D eigenvalue weighted by atomic mass is 10.0. The summed E-state index contributed by atoms with van der Waals surface area (Å²) in [7, 11) is 0. The second-order valence-corrected chi connectivity index (χ2v) is 7.43. The average molecular weight is 367 g/mol. The van der Waals surface area contributed by atoms with E-state index < -0.39 is 22.9 Å². The van der Waals surface area contributed by atoms with E-state index in [0.29, 0.717) is 5.92 Å². The number of alkyl halides is 3. The van der Waals surface area contributed by atoms with Crippen LogP contribution in [0.5, 0.6) is 0 Å². The first kappa shape index (κ1) is 19.4. The maximum atomic E-state index is 13.0. The zero-order valence-corrected chi connectivity index (χ0v) is 15.0. The number of hydrogen-bond acceptors (Lipinski definition) is 2. The zero-order chi connectivity index (χ0) is 18.6. The molecule has 1 unspecified atom stereocenters. The van der Waals surface area contributed by atoms with Gasteiger partial charge in [0, 0.05) is 4.90 Å². The van der Waals surface area contributed by atoms with E-state index in [0.717, 1.165) is 11.0 Å². The second-order valence-electron chi connectivity index (χ2n) is 6.02. The molecule has 0 fully saturated rings. The molecule has 0 aromatic heterocycles. The molecule has 0 aliphatic heterocycles. The first-order valence-electron chi connectivity index (χ1n) is 7.92. The van der Waals surface area contributed by atoms with Crippen LogP contribution >= 0.6 is 11.8 Å². The quantitative estimate of drug-likeness (QED) is 0.662. The summed E-state index contributed by atoms with van der Waals surface area (Å²) in [4.78, 5) is 13.2. The number of anilines is 1. The van der Waals surface area contributed by atoms with Crippen molar-refractivity contribution in [2.75, 3.05) is 5.32 Å². The summed E-state index contributed by atoms with van der Waals surface area (Å²) in [6.45, 7) is 5.86. The van der Waals surface area contributed by atoms with Gasteiger partial charge in [-0.15, -0.1) is 11.8 Å². The summed E-state index contributed by atoms with van der Waals surface area (Å²) in [6.07, 6.45) is -4.51. The van der Waals surface area contributed by atoms with Crippen molar-refractivity contribution in [3.63, 3.8) is 0 Å². The van der Waals surface area contributed by atoms with Crippen molar-refractivity contribution in [2.24, 2.45) is 0 Å². The Balaban J connectivity index is 2.06. The van der Waals surface area contributed by atoms with Crippen LogP contribution < -0.4 is 5.32 Å². The smallest absolute Gasteiger partial charge is 0.325 e. The van der Waals surface area contributed by atoms with Gasteiger partial charge in [0.2, 0.25) is 5.91 Å². The largest absolute Gasteiger partial charge is 0.418 e. The summed E-state index contributed by atoms with van der Waals surface area (Å²) < 4.78 is 39.0. The Morgan fingerprint density at radius 3 is 2.16 bits per heavy atom. The highest BCUT2D eigenvalue weighted by Crippen LogP contribution is 2.35. The molecule has 1 atom stereocenters. The third-order valence-corrected chi connectivity index (χ3v) is 4.83. The second kappa shape index (κ2) is 7.95. The Morgan fingerprint density at radius 1 is 1.00 bits per heavy atom. The number of nitrogens with one attached hydrogen (secondary N) is 1. The lowest BCUT2D eigenvalue weighted by molar-refractivity contribution is -0.137. The van der Waals surface area contributed by atoms with Gasteiger partial charge in [0.25, 0.3) is 0 Å². The Hall–Kier alpha value is -1.95. The first-order valence-corrected chi connectivity index (χ1v) is 8.80. The number of carbonyl (C=O) groups is 1. The predicted molar refractivity (Wildman–Crippen MR) is 95.9 cm³/mol. The maximum absolute atomic E-state index is 13.0. The van der Waals surface area contributed by atoms with Crippen LogP contribution in [-0.2, 0) is 11.0 Å². The van der Waals surface area contributed by atoms with E-state index in [2.05, 4.69) is 19.2 Å². The van der Waals surface area contributed by atoms with E-state index in [1.807, 2.05) is 24.3 Å². The van der Waals surface area contributed by atoms with Crippen LogP contribution in [0.4, 0.5) is 18.9 Å². The molecule has 0 saturated heterocycles. The minimum absolute atomic E-state index is 0.220. The number of rotatable bonds is 5. The van der Waals surface area contributed by atoms with Gasteiger partial charge in [-0.2, -0.15) is 13.2 Å². The Morgan fingerprint density at radius 2 is 1.60 bits per heavy atom. The number of benzene rings is 2. The van der Waals surface area contributed by atoms with Crippen LogP contribution in [0.1, 0.15) is 37.8 Å². The zero-order valence-electron chi connectivity index (χ0n) is 14.2. The highest BCUT2D eigenvalue weighted by Gasteiger charge is 2.33. The van der Waals surface area contributed by atoms with Gasteiger partial charge >= 0.3 is 6.18 Å². The molecule has 2 nitrogen and oxygen atoms in total. The molecule has 0 heterocycles. The van der Waals surface area contributed by atoms with Crippen LogP contribution in [0, 0.1) is 0 Å². The van der Waals surface area contributed by atoms with Crippen molar-refractivity contribution >= 4 is 23.4 Å². The maximum Gasteiger partial charge on any atom is 0.418 e. The summed E-state index contributed by atoms with van der Waals surface area (Å²) in [6, 6.07) is 12.8. The van der Waals surface area contributed by atoms with Crippen molar-refractivity contribution in [3.05, 3.63) is 59.7 Å². The highest BCUT2D eigenvalue weighted by atomic mass is 32.2. The van der Waals surface area contributed by atoms with Crippen LogP contribution in [0.2, 0.25) is 0 Å². The lowest BCUT2D eigenvalue weighted by Crippen LogP contribution is -2.24. The summed E-state index contributed by atoms with van der Waals surface area (Å²) in [5, 5.41) is 1.86. The molecular formula is C19H20F3NOS. The van der Waals surface area contributed by atoms with Crippen molar-refractivity contribution in [2.45, 2.75) is 43.0 Å². The molecule has 0 radical (unpaired) electrons. The number of carbonyl (C=O) groups excluding carboxylic acids is 1. The molecule has 0 spiro atoms. The molecule has 0 saturated carbocycles. The van der Waals surface area contributed by atoms with Gasteiger partial charge in [0.05, 0.1) is 16.5 Å². The fourth-order valence-corrected chi connectivity index (χ4v) is 3.13. The molecule has 2 aromatic rings. The van der Waals surface area contributed by atoms with Crippen molar-refractivity contribution in [3.8, 4) is 0 Å². The van der Waals surface area contributed by atoms with Gasteiger partial charge < -0.3 is 5.32 Å². The molecular weight excluding hydrogens is 347 g/mol. The molecule has 6 heteroatoms. The Bertz CT molecular complexity index is 726. The van der Waals surface area contributed by atoms with Gasteiger partial charge in [-0.05, 0) is 42.7 Å². The van der Waals surface area contributed by atoms with Gasteiger partial charge in [0.1, 0.15) is 0 Å². The molecule has 0 aliphatic rings. The minimum atomic E-state index is -4.51. The van der Waals surface area contributed by atoms with Gasteiger partial charge in [-0.3, -0.25) is 4.79 Å². The number of amides is 1. The molecule has 134 valence electrons. The van der Waals surface area contributed by atoms with E-state index in [1.165, 1.54) is 35.5 Å². The third kappa shape index (κ3) is 5.26. The number of hydrogen-bond donors (Lipinski definition) is 1. The summed E-state index contributed by atoms with van der Waals surface area (Å²) >= 11 is 1.31. The van der Waals surface area contributed by atoms with Gasteiger partial charge in [-0.1, -0.05) is 38.1 Å². The van der Waals surface area contributed by atoms with E-state index >= 15 is 0 Å². The molecule has 0 bridgehead atoms. The van der Waals surface area contributed by atoms with Crippen LogP contribution in [0.25, 0.3) is 0 Å². The number of thioether (sulfide) groups is 1. The number of halogens is 3. The topological polar surface area (TPSA) is 29.1 Å². The predicted octanol–water partition coefficient (Wildman–Crippen LogP) is 5.95. The molecule has 1 amide bonds. The summed E-state index contributed by atoms with van der Waals surface area (Å²) in [5.74, 6) is -0.0479. The average Bonchev–Trinajstić information content (AvgIpc) is 2.54. The molecule has 0 aliphatic carbocycles. The van der Waals surface area contributed by atoms with E-state index in [1.54, 1.807) is 6.92 Å². The number of para-hydroxylation sites is 1. The Kier molecular flexibility index (Phi) is 6.16. The minimum Gasteiger partial charge on any atom is -0.325 e. The monoisotopic (exact) mass is 367 g/mol. The highest BCUT2D eigenvalue weighted by molar-refractivity contribution is 8.00. The first-order chi connectivity index (χ1) is 11.7. The fourth-order valence-electron chi connectivity index (χ4n) is 2.26. The van der Waals surface area contributed by atoms with Crippen LogP contribution in [0.15, 0.2) is 53.4 Å². The van der Waals surface area contributed by atoms with Gasteiger partial charge in [0.15, 0.2) is 0 Å². The normalized spacial score (nSPS) is 12.9. The van der Waals surface area contributed by atoms with Crippen molar-refractivity contribution in [1.29, 1.82) is 0 Å². The van der Waals surface area contributed by atoms with Crippen molar-refractivity contribution < 1.29 is 18.0 Å². The van der Waals surface area contributed by atoms with Gasteiger partial charge in [-0.25, -0.2) is 0 Å². The van der Waals surface area contributed by atoms with E-state index in [4.69, 9.17) is 0 Å². The lowest BCUT2D eigenvalue weighted by Gasteiger charge is -2.16. The third-order valence-electron chi connectivity index (χ3n) is 3.72. The summed E-state index contributed by atoms with van der Waals surface area (Å²) in [5.41, 5.74) is 0.130.